The van der Waals surface area contributed by atoms with Gasteiger partial charge in [0.2, 0.25) is 0 Å². The van der Waals surface area contributed by atoms with Crippen LogP contribution in [0.5, 0.6) is 0 Å². The summed E-state index contributed by atoms with van der Waals surface area (Å²) < 4.78 is 25.5. The largest absolute Gasteiger partial charge is 0.303 e. The van der Waals surface area contributed by atoms with Gasteiger partial charge in [-0.3, -0.25) is 0 Å². The van der Waals surface area contributed by atoms with Gasteiger partial charge in [0.1, 0.15) is 17.9 Å². The molecule has 0 N–H and O–H groups in total. The van der Waals surface area contributed by atoms with E-state index in [0.29, 0.717) is 6.29 Å². The molecule has 12 heavy (non-hydrogen) atoms. The normalized spacial score (nSPS) is 9.92. The Balaban J connectivity index is 3.13. The molecule has 0 saturated heterocycles. The van der Waals surface area contributed by atoms with Gasteiger partial charge >= 0.3 is 0 Å². The van der Waals surface area contributed by atoms with E-state index in [4.69, 9.17) is 11.6 Å². The van der Waals surface area contributed by atoms with Crippen LogP contribution in [0.25, 0.3) is 0 Å². The van der Waals surface area contributed by atoms with E-state index >= 15 is 0 Å². The molecule has 0 bridgehead atoms. The maximum atomic E-state index is 12.8. The van der Waals surface area contributed by atoms with Gasteiger partial charge in [-0.05, 0) is 17.7 Å². The fourth-order valence-corrected chi connectivity index (χ4v) is 0.960. The van der Waals surface area contributed by atoms with Crippen LogP contribution in [-0.2, 0) is 11.2 Å². The van der Waals surface area contributed by atoms with Gasteiger partial charge < -0.3 is 4.79 Å². The number of carbonyl (C=O) groups is 1. The van der Waals surface area contributed by atoms with Gasteiger partial charge in [0.25, 0.3) is 0 Å². The Morgan fingerprint density at radius 1 is 1.33 bits per heavy atom. The molecule has 0 heterocycles. The van der Waals surface area contributed by atoms with E-state index in [2.05, 4.69) is 0 Å². The van der Waals surface area contributed by atoms with E-state index in [0.717, 1.165) is 12.1 Å². The predicted octanol–water partition coefficient (Wildman–Crippen LogP) is 2.36. The topological polar surface area (TPSA) is 17.1 Å². The molecule has 0 aliphatic heterocycles. The number of halogens is 3. The van der Waals surface area contributed by atoms with Crippen molar-refractivity contribution in [3.63, 3.8) is 0 Å². The monoisotopic (exact) mass is 190 g/mol. The van der Waals surface area contributed by atoms with E-state index in [9.17, 15) is 13.6 Å². The van der Waals surface area contributed by atoms with Crippen molar-refractivity contribution in [3.8, 4) is 0 Å². The molecule has 64 valence electrons. The average Bonchev–Trinajstić information content (AvgIpc) is 2.01. The van der Waals surface area contributed by atoms with Gasteiger partial charge in [0.15, 0.2) is 0 Å². The third-order valence-electron chi connectivity index (χ3n) is 1.39. The zero-order chi connectivity index (χ0) is 9.14. The summed E-state index contributed by atoms with van der Waals surface area (Å²) >= 11 is 5.28. The Bertz CT molecular complexity index is 312. The molecule has 0 radical (unpaired) electrons. The van der Waals surface area contributed by atoms with E-state index in [-0.39, 0.29) is 17.0 Å². The first-order valence-corrected chi connectivity index (χ1v) is 3.60. The van der Waals surface area contributed by atoms with Crippen LogP contribution in [0.3, 0.4) is 0 Å². The van der Waals surface area contributed by atoms with Crippen molar-refractivity contribution in [1.29, 1.82) is 0 Å². The minimum Gasteiger partial charge on any atom is -0.303 e. The summed E-state index contributed by atoms with van der Waals surface area (Å²) in [7, 11) is 0. The molecule has 1 rings (SSSR count). The first kappa shape index (κ1) is 9.13. The molecule has 1 aromatic rings. The van der Waals surface area contributed by atoms with Crippen LogP contribution < -0.4 is 0 Å². The SMILES string of the molecule is O=CCc1cc(F)c(Cl)cc1F. The van der Waals surface area contributed by atoms with Crippen molar-refractivity contribution in [3.05, 3.63) is 34.4 Å². The number of benzene rings is 1. The van der Waals surface area contributed by atoms with E-state index in [1.54, 1.807) is 0 Å². The molecule has 0 aliphatic carbocycles. The highest BCUT2D eigenvalue weighted by atomic mass is 35.5. The lowest BCUT2D eigenvalue weighted by atomic mass is 10.1. The summed E-state index contributed by atoms with van der Waals surface area (Å²) in [6, 6.07) is 1.78. The summed E-state index contributed by atoms with van der Waals surface area (Å²) in [5, 5.41) is -0.276. The maximum Gasteiger partial charge on any atom is 0.142 e. The molecule has 0 aliphatic rings. The summed E-state index contributed by atoms with van der Waals surface area (Å²) in [6.45, 7) is 0. The highest BCUT2D eigenvalue weighted by molar-refractivity contribution is 6.30. The molecule has 1 nitrogen and oxygen atoms in total. The van der Waals surface area contributed by atoms with Crippen molar-refractivity contribution < 1.29 is 13.6 Å². The van der Waals surface area contributed by atoms with E-state index in [1.807, 2.05) is 0 Å². The standard InChI is InChI=1S/C8H5ClF2O/c9-6-4-7(10)5(1-2-12)3-8(6)11/h2-4H,1H2. The zero-order valence-corrected chi connectivity index (χ0v) is 6.74. The number of carbonyl (C=O) groups excluding carboxylic acids is 1. The fourth-order valence-electron chi connectivity index (χ4n) is 0.810. The van der Waals surface area contributed by atoms with Gasteiger partial charge in [-0.25, -0.2) is 8.78 Å². The number of rotatable bonds is 2. The first-order chi connectivity index (χ1) is 5.65. The smallest absolute Gasteiger partial charge is 0.142 e. The molecule has 0 atom stereocenters. The van der Waals surface area contributed by atoms with Crippen LogP contribution in [0.4, 0.5) is 8.78 Å². The third-order valence-corrected chi connectivity index (χ3v) is 1.68. The van der Waals surface area contributed by atoms with Gasteiger partial charge in [0.05, 0.1) is 5.02 Å². The van der Waals surface area contributed by atoms with Crippen LogP contribution in [0, 0.1) is 11.6 Å². The lowest BCUT2D eigenvalue weighted by molar-refractivity contribution is -0.107. The van der Waals surface area contributed by atoms with Crippen LogP contribution in [0.1, 0.15) is 5.56 Å². The second kappa shape index (κ2) is 3.63. The summed E-state index contributed by atoms with van der Waals surface area (Å²) in [6.07, 6.45) is 0.367. The van der Waals surface area contributed by atoms with Crippen LogP contribution in [0.2, 0.25) is 5.02 Å². The third kappa shape index (κ3) is 1.80. The summed E-state index contributed by atoms with van der Waals surface area (Å²) in [4.78, 5) is 10.0. The van der Waals surface area contributed by atoms with Crippen LogP contribution in [-0.4, -0.2) is 6.29 Å². The lowest BCUT2D eigenvalue weighted by Gasteiger charge is -1.99. The Kier molecular flexibility index (Phi) is 2.76. The fraction of sp³-hybridized carbons (Fsp3) is 0.125. The Morgan fingerprint density at radius 3 is 2.58 bits per heavy atom. The highest BCUT2D eigenvalue weighted by Crippen LogP contribution is 2.18. The lowest BCUT2D eigenvalue weighted by Crippen LogP contribution is -1.93. The molecule has 0 fully saturated rings. The van der Waals surface area contributed by atoms with Gasteiger partial charge in [0, 0.05) is 6.42 Å². The molecule has 0 aromatic heterocycles. The Hall–Kier alpha value is -0.960. The summed E-state index contributed by atoms with van der Waals surface area (Å²) in [5.74, 6) is -1.37. The molecule has 4 heteroatoms. The maximum absolute atomic E-state index is 12.8. The minimum absolute atomic E-state index is 0.0203. The first-order valence-electron chi connectivity index (χ1n) is 3.22. The number of hydrogen-bond acceptors (Lipinski definition) is 1. The van der Waals surface area contributed by atoms with Gasteiger partial charge in [-0.15, -0.1) is 0 Å². The Morgan fingerprint density at radius 2 is 2.00 bits per heavy atom. The van der Waals surface area contributed by atoms with Crippen molar-refractivity contribution in [2.24, 2.45) is 0 Å². The van der Waals surface area contributed by atoms with E-state index < -0.39 is 11.6 Å². The van der Waals surface area contributed by atoms with Crippen molar-refractivity contribution >= 4 is 17.9 Å². The Labute approximate surface area is 73.0 Å². The highest BCUT2D eigenvalue weighted by Gasteiger charge is 2.07. The second-order valence-electron chi connectivity index (χ2n) is 2.23. The molecule has 0 saturated carbocycles. The number of aldehydes is 1. The van der Waals surface area contributed by atoms with Crippen LogP contribution >= 0.6 is 11.6 Å². The molecular formula is C8H5ClF2O. The average molecular weight is 191 g/mol. The number of hydrogen-bond donors (Lipinski definition) is 0. The molecule has 0 spiro atoms. The molecule has 0 amide bonds. The van der Waals surface area contributed by atoms with Gasteiger partial charge in [-0.1, -0.05) is 11.6 Å². The quantitative estimate of drug-likeness (QED) is 0.517. The van der Waals surface area contributed by atoms with Crippen molar-refractivity contribution in [2.45, 2.75) is 6.42 Å². The van der Waals surface area contributed by atoms with Gasteiger partial charge in [-0.2, -0.15) is 0 Å². The second-order valence-corrected chi connectivity index (χ2v) is 2.64. The van der Waals surface area contributed by atoms with E-state index in [1.165, 1.54) is 0 Å². The van der Waals surface area contributed by atoms with Crippen molar-refractivity contribution in [2.75, 3.05) is 0 Å². The summed E-state index contributed by atoms with van der Waals surface area (Å²) in [5.41, 5.74) is 0.0203. The predicted molar refractivity (Wildman–Crippen MR) is 41.1 cm³/mol. The molecule has 1 aromatic carbocycles. The van der Waals surface area contributed by atoms with Crippen molar-refractivity contribution in [1.82, 2.24) is 0 Å². The molecule has 0 unspecified atom stereocenters. The minimum atomic E-state index is -0.713. The molecular weight excluding hydrogens is 186 g/mol. The zero-order valence-electron chi connectivity index (χ0n) is 5.98. The van der Waals surface area contributed by atoms with Crippen LogP contribution in [0.15, 0.2) is 12.1 Å².